The number of aromatic amines is 1. The van der Waals surface area contributed by atoms with Gasteiger partial charge in [0.25, 0.3) is 0 Å². The highest BCUT2D eigenvalue weighted by Gasteiger charge is 2.42. The predicted octanol–water partition coefficient (Wildman–Crippen LogP) is 4.68. The minimum atomic E-state index is -1.28. The first kappa shape index (κ1) is 64.6. The largest absolute Gasteiger partial charge is 0.480 e. The van der Waals surface area contributed by atoms with Crippen molar-refractivity contribution in [3.05, 3.63) is 108 Å². The number of carboxylic acids is 1. The fourth-order valence-corrected chi connectivity index (χ4v) is 11.2. The molecule has 83 heavy (non-hydrogen) atoms. The maximum atomic E-state index is 14.9. The minimum Gasteiger partial charge on any atom is -0.480 e. The van der Waals surface area contributed by atoms with E-state index in [0.717, 1.165) is 16.5 Å². The number of carbonyl (C=O) groups excluding carboxylic acids is 8. The van der Waals surface area contributed by atoms with Crippen LogP contribution in [0.2, 0.25) is 0 Å². The van der Waals surface area contributed by atoms with Crippen molar-refractivity contribution < 1.29 is 48.3 Å². The normalized spacial score (nSPS) is 17.8. The lowest BCUT2D eigenvalue weighted by atomic mass is 9.98. The molecule has 4 aromatic rings. The zero-order valence-corrected chi connectivity index (χ0v) is 49.5. The van der Waals surface area contributed by atoms with E-state index in [2.05, 4.69) is 36.9 Å². The molecule has 450 valence electrons. The van der Waals surface area contributed by atoms with Crippen LogP contribution in [0.3, 0.4) is 0 Å². The smallest absolute Gasteiger partial charge is 0.326 e. The highest BCUT2D eigenvalue weighted by molar-refractivity contribution is 5.99. The Hall–Kier alpha value is -7.61. The lowest BCUT2D eigenvalue weighted by molar-refractivity contribution is -0.144. The summed E-state index contributed by atoms with van der Waals surface area (Å²) >= 11 is 0. The van der Waals surface area contributed by atoms with Crippen LogP contribution in [0.1, 0.15) is 123 Å². The third-order valence-electron chi connectivity index (χ3n) is 15.3. The van der Waals surface area contributed by atoms with Gasteiger partial charge in [0.15, 0.2) is 0 Å². The third kappa shape index (κ3) is 18.7. The molecule has 10 N–H and O–H groups in total. The summed E-state index contributed by atoms with van der Waals surface area (Å²) in [6.07, 6.45) is 4.52. The van der Waals surface area contributed by atoms with Crippen LogP contribution in [0.25, 0.3) is 10.9 Å². The van der Waals surface area contributed by atoms with E-state index in [9.17, 15) is 48.3 Å². The van der Waals surface area contributed by atoms with Crippen molar-refractivity contribution in [1.82, 2.24) is 46.7 Å². The number of nitrogens with zero attached hydrogens (tertiary/aromatic N) is 2. The molecule has 9 atom stereocenters. The Morgan fingerprint density at radius 2 is 0.880 bits per heavy atom. The fourth-order valence-electron chi connectivity index (χ4n) is 11.2. The number of aromatic nitrogens is 1. The average molecular weight is 1150 g/mol. The molecule has 0 bridgehead atoms. The van der Waals surface area contributed by atoms with Crippen molar-refractivity contribution in [3.63, 3.8) is 0 Å². The van der Waals surface area contributed by atoms with Crippen molar-refractivity contribution in [2.45, 2.75) is 180 Å². The van der Waals surface area contributed by atoms with E-state index in [1.54, 1.807) is 36.4 Å². The van der Waals surface area contributed by atoms with Crippen LogP contribution in [-0.2, 0) is 62.4 Å². The van der Waals surface area contributed by atoms with Crippen molar-refractivity contribution in [1.29, 1.82) is 0 Å². The number of carbonyl (C=O) groups is 9. The van der Waals surface area contributed by atoms with Crippen LogP contribution in [0.15, 0.2) is 91.1 Å². The summed E-state index contributed by atoms with van der Waals surface area (Å²) in [6.45, 7) is 15.5. The lowest BCUT2D eigenvalue weighted by Gasteiger charge is -2.31. The van der Waals surface area contributed by atoms with E-state index in [0.29, 0.717) is 36.9 Å². The Morgan fingerprint density at radius 1 is 0.494 bits per heavy atom. The van der Waals surface area contributed by atoms with Crippen molar-refractivity contribution in [3.8, 4) is 0 Å². The molecule has 8 amide bonds. The van der Waals surface area contributed by atoms with Crippen molar-refractivity contribution in [2.75, 3.05) is 13.1 Å². The molecule has 2 saturated heterocycles. The summed E-state index contributed by atoms with van der Waals surface area (Å²) in [7, 11) is 0. The molecule has 0 unspecified atom stereocenters. The van der Waals surface area contributed by atoms with Gasteiger partial charge >= 0.3 is 5.97 Å². The maximum Gasteiger partial charge on any atom is 0.326 e. The van der Waals surface area contributed by atoms with Gasteiger partial charge in [0.2, 0.25) is 47.3 Å². The van der Waals surface area contributed by atoms with E-state index in [1.807, 2.05) is 110 Å². The average Bonchev–Trinajstić information content (AvgIpc) is 4.45. The number of carboxylic acid groups (broad SMARTS) is 1. The molecule has 3 heterocycles. The van der Waals surface area contributed by atoms with Gasteiger partial charge in [-0.25, -0.2) is 4.79 Å². The Labute approximate surface area is 488 Å². The second kappa shape index (κ2) is 30.6. The van der Waals surface area contributed by atoms with E-state index in [1.165, 1.54) is 9.80 Å². The van der Waals surface area contributed by atoms with Gasteiger partial charge in [-0.2, -0.15) is 0 Å². The van der Waals surface area contributed by atoms with E-state index in [4.69, 9.17) is 5.73 Å². The Kier molecular flexibility index (Phi) is 23.8. The maximum absolute atomic E-state index is 14.9. The first-order chi connectivity index (χ1) is 39.5. The number of H-pyrrole nitrogens is 1. The zero-order chi connectivity index (χ0) is 60.5. The van der Waals surface area contributed by atoms with E-state index in [-0.39, 0.29) is 87.5 Å². The number of likely N-dealkylation sites (tertiary alicyclic amines) is 2. The molecule has 2 fully saturated rings. The molecule has 20 nitrogen and oxygen atoms in total. The SMILES string of the molecule is CC(C)C[C@H](NC(=O)[C@H](CC(C)C)NC(=O)[C@@H]1CCCN1C(=O)[C@H](Cc1ccccc1)NC(=O)[C@H](Cc1ccccc1)NC(=O)[C@H](CC(C)C)NC(=O)[C@H](CC(C)C)NC(=O)[C@@H]1CCCN1C(=O)[C@@H](N)Cc1c[nH]c2ccccc12)C(=O)O. The fraction of sp³-hybridized carbons (Fsp3) is 0.540. The van der Waals surface area contributed by atoms with Gasteiger partial charge in [0, 0.05) is 43.0 Å². The van der Waals surface area contributed by atoms with Gasteiger partial charge < -0.3 is 57.5 Å². The molecule has 6 rings (SSSR count). The Balaban J connectivity index is 1.19. The monoisotopic (exact) mass is 1140 g/mol. The second-order valence-electron chi connectivity index (χ2n) is 24.2. The predicted molar refractivity (Wildman–Crippen MR) is 317 cm³/mol. The molecule has 0 aliphatic carbocycles. The van der Waals surface area contributed by atoms with Crippen LogP contribution >= 0.6 is 0 Å². The highest BCUT2D eigenvalue weighted by Crippen LogP contribution is 2.25. The van der Waals surface area contributed by atoms with Crippen molar-refractivity contribution in [2.24, 2.45) is 29.4 Å². The third-order valence-corrected chi connectivity index (χ3v) is 15.3. The van der Waals surface area contributed by atoms with E-state index >= 15 is 0 Å². The quantitative estimate of drug-likeness (QED) is 0.0360. The number of para-hydroxylation sites is 1. The van der Waals surface area contributed by atoms with Crippen LogP contribution < -0.4 is 37.6 Å². The molecule has 2 aliphatic rings. The minimum absolute atomic E-state index is 0.00492. The van der Waals surface area contributed by atoms with Crippen LogP contribution in [0, 0.1) is 23.7 Å². The molecule has 0 saturated carbocycles. The van der Waals surface area contributed by atoms with Crippen LogP contribution in [-0.4, -0.2) is 141 Å². The highest BCUT2D eigenvalue weighted by atomic mass is 16.4. The van der Waals surface area contributed by atoms with Gasteiger partial charge in [-0.15, -0.1) is 0 Å². The molecule has 0 radical (unpaired) electrons. The number of hydrogen-bond donors (Lipinski definition) is 9. The van der Waals surface area contributed by atoms with Gasteiger partial charge in [-0.05, 0) is 104 Å². The van der Waals surface area contributed by atoms with E-state index < -0.39 is 102 Å². The molecular formula is C63H88N10O10. The van der Waals surface area contributed by atoms with Gasteiger partial charge in [0.1, 0.15) is 48.3 Å². The molecular weight excluding hydrogens is 1060 g/mol. The van der Waals surface area contributed by atoms with Crippen LogP contribution in [0.4, 0.5) is 0 Å². The molecule has 2 aliphatic heterocycles. The summed E-state index contributed by atoms with van der Waals surface area (Å²) in [4.78, 5) is 133. The summed E-state index contributed by atoms with van der Waals surface area (Å²) < 4.78 is 0. The van der Waals surface area contributed by atoms with Crippen molar-refractivity contribution >= 4 is 64.1 Å². The number of benzene rings is 3. The number of hydrogen-bond acceptors (Lipinski definition) is 10. The first-order valence-electron chi connectivity index (χ1n) is 29.5. The van der Waals surface area contributed by atoms with Gasteiger partial charge in [-0.3, -0.25) is 38.4 Å². The van der Waals surface area contributed by atoms with Gasteiger partial charge in [-0.1, -0.05) is 134 Å². The Bertz CT molecular complexity index is 2860. The van der Waals surface area contributed by atoms with Gasteiger partial charge in [0.05, 0.1) is 6.04 Å². The number of nitrogens with one attached hydrogen (secondary N) is 7. The molecule has 1 aromatic heterocycles. The lowest BCUT2D eigenvalue weighted by Crippen LogP contribution is -2.61. The standard InChI is InChI=1S/C63H88N10O10/c1-37(2)29-47(66-56(75)48(30-38(3)4)68-59(78)53-25-17-27-72(53)61(80)45(64)35-43-36-65-46-24-16-15-23-44(43)46)55(74)67-50(33-41-19-11-9-12-20-41)58(77)70-51(34-42-21-13-10-14-22-42)62(81)73-28-18-26-54(73)60(79)69-49(31-39(5)6)57(76)71-52(63(82)83)32-40(7)8/h9-16,19-24,36-40,45,47-54,65H,17-18,25-35,64H2,1-8H3,(H,66,75)(H,67,74)(H,68,78)(H,69,79)(H,70,77)(H,71,76)(H,82,83)/t45-,47-,48-,49-,50-,51-,52-,53-,54-/m0/s1. The Morgan fingerprint density at radius 3 is 1.36 bits per heavy atom. The number of amides is 8. The van der Waals surface area contributed by atoms with Crippen LogP contribution in [0.5, 0.6) is 0 Å². The molecule has 0 spiro atoms. The summed E-state index contributed by atoms with van der Waals surface area (Å²) in [5.41, 5.74) is 9.73. The summed E-state index contributed by atoms with van der Waals surface area (Å²) in [5.74, 6) is -6.15. The number of nitrogens with two attached hydrogens (primary N) is 1. The topological polar surface area (TPSA) is 294 Å². The number of aliphatic carboxylic acids is 1. The molecule has 3 aromatic carbocycles. The number of rotatable bonds is 29. The number of fused-ring (bicyclic) bond motifs is 1. The summed E-state index contributed by atoms with van der Waals surface area (Å²) in [5, 5.41) is 27.9. The second-order valence-corrected chi connectivity index (χ2v) is 24.2. The zero-order valence-electron chi connectivity index (χ0n) is 49.5. The molecule has 20 heteroatoms. The first-order valence-corrected chi connectivity index (χ1v) is 29.5. The summed E-state index contributed by atoms with van der Waals surface area (Å²) in [6, 6.07) is 15.9.